The van der Waals surface area contributed by atoms with Crippen LogP contribution in [0.2, 0.25) is 0 Å². The van der Waals surface area contributed by atoms with E-state index in [1.54, 1.807) is 0 Å². The van der Waals surface area contributed by atoms with Gasteiger partial charge in [0.05, 0.1) is 12.1 Å². The minimum absolute atomic E-state index is 0.0486. The predicted molar refractivity (Wildman–Crippen MR) is 62.0 cm³/mol. The second kappa shape index (κ2) is 5.38. The fourth-order valence-electron chi connectivity index (χ4n) is 1.46. The van der Waals surface area contributed by atoms with E-state index in [0.29, 0.717) is 0 Å². The van der Waals surface area contributed by atoms with E-state index in [9.17, 15) is 0 Å². The molecule has 80 valence electrons. The summed E-state index contributed by atoms with van der Waals surface area (Å²) in [6.45, 7) is 5.65. The van der Waals surface area contributed by atoms with Gasteiger partial charge in [-0.1, -0.05) is 19.1 Å². The molecule has 0 bridgehead atoms. The van der Waals surface area contributed by atoms with Crippen LogP contribution in [0.1, 0.15) is 19.4 Å². The lowest BCUT2D eigenvalue weighted by atomic mass is 10.1. The van der Waals surface area contributed by atoms with Crippen molar-refractivity contribution in [3.8, 4) is 6.07 Å². The zero-order valence-corrected chi connectivity index (χ0v) is 9.27. The molecule has 2 N–H and O–H groups in total. The Kier molecular flexibility index (Phi) is 4.14. The van der Waals surface area contributed by atoms with E-state index in [2.05, 4.69) is 17.9 Å². The van der Waals surface area contributed by atoms with Gasteiger partial charge in [0, 0.05) is 12.2 Å². The third-order valence-corrected chi connectivity index (χ3v) is 2.51. The van der Waals surface area contributed by atoms with Gasteiger partial charge in [-0.3, -0.25) is 4.90 Å². The van der Waals surface area contributed by atoms with Crippen molar-refractivity contribution in [1.29, 1.82) is 5.26 Å². The van der Waals surface area contributed by atoms with Crippen molar-refractivity contribution in [2.45, 2.75) is 26.4 Å². The van der Waals surface area contributed by atoms with Gasteiger partial charge in [-0.15, -0.1) is 0 Å². The van der Waals surface area contributed by atoms with Crippen molar-refractivity contribution in [3.63, 3.8) is 0 Å². The van der Waals surface area contributed by atoms with E-state index in [-0.39, 0.29) is 6.04 Å². The van der Waals surface area contributed by atoms with Crippen LogP contribution in [-0.2, 0) is 6.54 Å². The largest absolute Gasteiger partial charge is 0.399 e. The molecule has 1 aromatic rings. The zero-order valence-electron chi connectivity index (χ0n) is 9.27. The van der Waals surface area contributed by atoms with Gasteiger partial charge in [-0.25, -0.2) is 0 Å². The molecule has 1 rings (SSSR count). The molecule has 0 saturated carbocycles. The topological polar surface area (TPSA) is 53.0 Å². The minimum Gasteiger partial charge on any atom is -0.399 e. The van der Waals surface area contributed by atoms with Crippen LogP contribution in [0.5, 0.6) is 0 Å². The highest BCUT2D eigenvalue weighted by Crippen LogP contribution is 2.10. The summed E-state index contributed by atoms with van der Waals surface area (Å²) in [5, 5.41) is 8.85. The van der Waals surface area contributed by atoms with E-state index < -0.39 is 0 Å². The Morgan fingerprint density at radius 2 is 2.00 bits per heavy atom. The van der Waals surface area contributed by atoms with Crippen LogP contribution in [0.3, 0.4) is 0 Å². The number of hydrogen-bond acceptors (Lipinski definition) is 3. The number of nitrogens with two attached hydrogens (primary N) is 1. The summed E-state index contributed by atoms with van der Waals surface area (Å²) in [4.78, 5) is 2.12. The SMILES string of the molecule is CCN(Cc1ccc(N)cc1)C(C)C#N. The number of hydrogen-bond donors (Lipinski definition) is 1. The summed E-state index contributed by atoms with van der Waals surface area (Å²) in [6, 6.07) is 9.98. The molecule has 1 aromatic carbocycles. The minimum atomic E-state index is -0.0486. The Bertz CT molecular complexity index is 337. The lowest BCUT2D eigenvalue weighted by Crippen LogP contribution is -2.31. The normalized spacial score (nSPS) is 12.4. The average Bonchev–Trinajstić information content (AvgIpc) is 2.27. The number of nitrogen functional groups attached to an aromatic ring is 1. The van der Waals surface area contributed by atoms with Crippen LogP contribution >= 0.6 is 0 Å². The first-order valence-corrected chi connectivity index (χ1v) is 5.15. The molecule has 0 fully saturated rings. The van der Waals surface area contributed by atoms with Gasteiger partial charge in [0.1, 0.15) is 0 Å². The summed E-state index contributed by atoms with van der Waals surface area (Å²) in [6.07, 6.45) is 0. The van der Waals surface area contributed by atoms with Gasteiger partial charge in [-0.2, -0.15) is 5.26 Å². The highest BCUT2D eigenvalue weighted by atomic mass is 15.1. The van der Waals surface area contributed by atoms with Gasteiger partial charge in [0.25, 0.3) is 0 Å². The van der Waals surface area contributed by atoms with Gasteiger partial charge < -0.3 is 5.73 Å². The van der Waals surface area contributed by atoms with Crippen molar-refractivity contribution < 1.29 is 0 Å². The Hall–Kier alpha value is -1.53. The van der Waals surface area contributed by atoms with E-state index in [1.165, 1.54) is 5.56 Å². The second-order valence-electron chi connectivity index (χ2n) is 3.61. The molecule has 1 unspecified atom stereocenters. The first-order chi connectivity index (χ1) is 7.17. The second-order valence-corrected chi connectivity index (χ2v) is 3.61. The van der Waals surface area contributed by atoms with Crippen molar-refractivity contribution in [1.82, 2.24) is 4.90 Å². The first kappa shape index (κ1) is 11.5. The molecule has 0 aliphatic carbocycles. The molecule has 0 heterocycles. The first-order valence-electron chi connectivity index (χ1n) is 5.15. The molecule has 0 aliphatic heterocycles. The fraction of sp³-hybridized carbons (Fsp3) is 0.417. The molecule has 0 aromatic heterocycles. The number of nitrogens with zero attached hydrogens (tertiary/aromatic N) is 2. The molecule has 0 saturated heterocycles. The Balaban J connectivity index is 2.67. The molecule has 3 nitrogen and oxygen atoms in total. The molecular formula is C12H17N3. The molecule has 0 aliphatic rings. The van der Waals surface area contributed by atoms with Gasteiger partial charge >= 0.3 is 0 Å². The monoisotopic (exact) mass is 203 g/mol. The average molecular weight is 203 g/mol. The Morgan fingerprint density at radius 1 is 1.40 bits per heavy atom. The summed E-state index contributed by atoms with van der Waals surface area (Å²) >= 11 is 0. The van der Waals surface area contributed by atoms with Crippen molar-refractivity contribution >= 4 is 5.69 Å². The van der Waals surface area contributed by atoms with Crippen LogP contribution in [0.4, 0.5) is 5.69 Å². The van der Waals surface area contributed by atoms with Gasteiger partial charge in [-0.05, 0) is 31.2 Å². The fourth-order valence-corrected chi connectivity index (χ4v) is 1.46. The third-order valence-electron chi connectivity index (χ3n) is 2.51. The van der Waals surface area contributed by atoms with E-state index in [0.717, 1.165) is 18.8 Å². The van der Waals surface area contributed by atoms with Crippen molar-refractivity contribution in [2.24, 2.45) is 0 Å². The quantitative estimate of drug-likeness (QED) is 0.761. The molecule has 3 heteroatoms. The zero-order chi connectivity index (χ0) is 11.3. The lowest BCUT2D eigenvalue weighted by Gasteiger charge is -2.22. The highest BCUT2D eigenvalue weighted by molar-refractivity contribution is 5.39. The van der Waals surface area contributed by atoms with E-state index >= 15 is 0 Å². The summed E-state index contributed by atoms with van der Waals surface area (Å²) in [5.41, 5.74) is 7.57. The third kappa shape index (κ3) is 3.26. The molecule has 1 atom stereocenters. The van der Waals surface area contributed by atoms with Crippen molar-refractivity contribution in [3.05, 3.63) is 29.8 Å². The maximum Gasteiger partial charge on any atom is 0.0952 e. The van der Waals surface area contributed by atoms with Crippen LogP contribution in [0.15, 0.2) is 24.3 Å². The molecule has 0 radical (unpaired) electrons. The summed E-state index contributed by atoms with van der Waals surface area (Å²) in [7, 11) is 0. The number of nitriles is 1. The molecule has 0 spiro atoms. The van der Waals surface area contributed by atoms with E-state index in [1.807, 2.05) is 31.2 Å². The maximum absolute atomic E-state index is 8.85. The molecule has 15 heavy (non-hydrogen) atoms. The lowest BCUT2D eigenvalue weighted by molar-refractivity contribution is 0.250. The number of rotatable bonds is 4. The Morgan fingerprint density at radius 3 is 2.47 bits per heavy atom. The highest BCUT2D eigenvalue weighted by Gasteiger charge is 2.10. The summed E-state index contributed by atoms with van der Waals surface area (Å²) in [5.74, 6) is 0. The van der Waals surface area contributed by atoms with Crippen LogP contribution in [0, 0.1) is 11.3 Å². The van der Waals surface area contributed by atoms with Crippen LogP contribution in [-0.4, -0.2) is 17.5 Å². The number of benzene rings is 1. The summed E-state index contributed by atoms with van der Waals surface area (Å²) < 4.78 is 0. The molecule has 0 amide bonds. The van der Waals surface area contributed by atoms with Gasteiger partial charge in [0.2, 0.25) is 0 Å². The molecular weight excluding hydrogens is 186 g/mol. The smallest absolute Gasteiger partial charge is 0.0952 e. The van der Waals surface area contributed by atoms with Crippen LogP contribution in [0.25, 0.3) is 0 Å². The van der Waals surface area contributed by atoms with E-state index in [4.69, 9.17) is 11.0 Å². The van der Waals surface area contributed by atoms with Crippen LogP contribution < -0.4 is 5.73 Å². The standard InChI is InChI=1S/C12H17N3/c1-3-15(10(2)8-13)9-11-4-6-12(14)7-5-11/h4-7,10H,3,9,14H2,1-2H3. The van der Waals surface area contributed by atoms with Crippen molar-refractivity contribution in [2.75, 3.05) is 12.3 Å². The maximum atomic E-state index is 8.85. The predicted octanol–water partition coefficient (Wildman–Crippen LogP) is 2.00. The van der Waals surface area contributed by atoms with Gasteiger partial charge in [0.15, 0.2) is 0 Å². The Labute approximate surface area is 91.1 Å². The number of anilines is 1.